The number of hydrogen-bond donors (Lipinski definition) is 2. The molecule has 1 saturated heterocycles. The number of imidazole rings is 1. The van der Waals surface area contributed by atoms with Gasteiger partial charge in [0.05, 0.1) is 18.1 Å². The fraction of sp³-hybridized carbons (Fsp3) is 0.375. The molecule has 1 fully saturated rings. The molecule has 0 unspecified atom stereocenters. The molecule has 1 aliphatic rings. The zero-order valence-electron chi connectivity index (χ0n) is 12.0. The lowest BCUT2D eigenvalue weighted by atomic mass is 10.0. The zero-order valence-corrected chi connectivity index (χ0v) is 12.0. The number of amides is 1. The van der Waals surface area contributed by atoms with Gasteiger partial charge in [0.25, 0.3) is 0 Å². The summed E-state index contributed by atoms with van der Waals surface area (Å²) in [5.74, 6) is 0.0927. The van der Waals surface area contributed by atoms with Gasteiger partial charge in [-0.3, -0.25) is 4.79 Å². The van der Waals surface area contributed by atoms with Crippen LogP contribution in [0.25, 0.3) is 5.69 Å². The second-order valence-electron chi connectivity index (χ2n) is 5.32. The van der Waals surface area contributed by atoms with Gasteiger partial charge in [0.1, 0.15) is 0 Å². The number of carbonyl (C=O) groups is 1. The molecule has 1 amide bonds. The van der Waals surface area contributed by atoms with Crippen LogP contribution < -0.4 is 10.6 Å². The van der Waals surface area contributed by atoms with Crippen LogP contribution in [0.2, 0.25) is 0 Å². The van der Waals surface area contributed by atoms with Crippen LogP contribution in [0, 0.1) is 0 Å². The highest BCUT2D eigenvalue weighted by molar-refractivity contribution is 5.81. The minimum absolute atomic E-state index is 0.0424. The van der Waals surface area contributed by atoms with Gasteiger partial charge in [0.15, 0.2) is 0 Å². The van der Waals surface area contributed by atoms with E-state index in [1.165, 1.54) is 0 Å². The van der Waals surface area contributed by atoms with E-state index in [4.69, 9.17) is 0 Å². The van der Waals surface area contributed by atoms with E-state index in [9.17, 15) is 4.79 Å². The molecule has 2 N–H and O–H groups in total. The summed E-state index contributed by atoms with van der Waals surface area (Å²) in [6.45, 7) is 1.47. The SMILES string of the molecule is O=C(NCc1ccccc1-n1ccnc1)[C@H]1CCCCN1. The molecule has 3 rings (SSSR count). The average Bonchev–Trinajstić information content (AvgIpc) is 3.08. The number of hydrogen-bond acceptors (Lipinski definition) is 3. The molecule has 1 aromatic heterocycles. The molecule has 110 valence electrons. The molecule has 0 spiro atoms. The van der Waals surface area contributed by atoms with Gasteiger partial charge in [-0.1, -0.05) is 24.6 Å². The van der Waals surface area contributed by atoms with Crippen LogP contribution in [0.15, 0.2) is 43.0 Å². The van der Waals surface area contributed by atoms with E-state index in [1.807, 2.05) is 35.0 Å². The lowest BCUT2D eigenvalue weighted by molar-refractivity contribution is -0.123. The molecule has 5 nitrogen and oxygen atoms in total. The zero-order chi connectivity index (χ0) is 14.5. The Labute approximate surface area is 124 Å². The Kier molecular flexibility index (Phi) is 4.31. The summed E-state index contributed by atoms with van der Waals surface area (Å²) in [4.78, 5) is 16.3. The molecule has 1 aliphatic heterocycles. The smallest absolute Gasteiger partial charge is 0.237 e. The third-order valence-corrected chi connectivity index (χ3v) is 3.85. The summed E-state index contributed by atoms with van der Waals surface area (Å²) in [6, 6.07) is 8.00. The molecular formula is C16H20N4O. The Hall–Kier alpha value is -2.14. The maximum atomic E-state index is 12.2. The lowest BCUT2D eigenvalue weighted by Crippen LogP contribution is -2.46. The van der Waals surface area contributed by atoms with E-state index < -0.39 is 0 Å². The molecule has 1 aromatic carbocycles. The Bertz CT molecular complexity index is 588. The van der Waals surface area contributed by atoms with Gasteiger partial charge in [-0.05, 0) is 31.0 Å². The molecule has 5 heteroatoms. The standard InChI is InChI=1S/C16H20N4O/c21-16(14-6-3-4-8-18-14)19-11-13-5-1-2-7-15(13)20-10-9-17-12-20/h1-2,5,7,9-10,12,14,18H,3-4,6,8,11H2,(H,19,21)/t14-/m1/s1. The van der Waals surface area contributed by atoms with Crippen molar-refractivity contribution >= 4 is 5.91 Å². The maximum Gasteiger partial charge on any atom is 0.237 e. The number of nitrogens with zero attached hydrogens (tertiary/aromatic N) is 2. The van der Waals surface area contributed by atoms with Crippen molar-refractivity contribution in [2.24, 2.45) is 0 Å². The van der Waals surface area contributed by atoms with E-state index in [0.717, 1.165) is 37.1 Å². The van der Waals surface area contributed by atoms with E-state index >= 15 is 0 Å². The number of carbonyl (C=O) groups excluding carboxylic acids is 1. The summed E-state index contributed by atoms with van der Waals surface area (Å²) in [7, 11) is 0. The summed E-state index contributed by atoms with van der Waals surface area (Å²) < 4.78 is 1.96. The van der Waals surface area contributed by atoms with Crippen LogP contribution in [0.4, 0.5) is 0 Å². The van der Waals surface area contributed by atoms with Gasteiger partial charge in [-0.15, -0.1) is 0 Å². The minimum atomic E-state index is -0.0424. The van der Waals surface area contributed by atoms with Crippen LogP contribution in [-0.2, 0) is 11.3 Å². The predicted molar refractivity (Wildman–Crippen MR) is 81.1 cm³/mol. The first-order valence-corrected chi connectivity index (χ1v) is 7.42. The van der Waals surface area contributed by atoms with Crippen LogP contribution in [0.5, 0.6) is 0 Å². The van der Waals surface area contributed by atoms with E-state index in [1.54, 1.807) is 12.5 Å². The minimum Gasteiger partial charge on any atom is -0.351 e. The molecule has 2 aromatic rings. The second-order valence-corrected chi connectivity index (χ2v) is 5.32. The topological polar surface area (TPSA) is 59.0 Å². The Morgan fingerprint density at radius 3 is 3.05 bits per heavy atom. The highest BCUT2D eigenvalue weighted by atomic mass is 16.2. The molecule has 0 saturated carbocycles. The van der Waals surface area contributed by atoms with E-state index in [0.29, 0.717) is 6.54 Å². The monoisotopic (exact) mass is 284 g/mol. The van der Waals surface area contributed by atoms with Gasteiger partial charge >= 0.3 is 0 Å². The van der Waals surface area contributed by atoms with Crippen molar-refractivity contribution in [1.82, 2.24) is 20.2 Å². The largest absolute Gasteiger partial charge is 0.351 e. The number of nitrogens with one attached hydrogen (secondary N) is 2. The Morgan fingerprint density at radius 1 is 1.38 bits per heavy atom. The highest BCUT2D eigenvalue weighted by Crippen LogP contribution is 2.14. The first-order valence-electron chi connectivity index (χ1n) is 7.42. The normalized spacial score (nSPS) is 18.4. The van der Waals surface area contributed by atoms with Crippen molar-refractivity contribution in [2.45, 2.75) is 31.8 Å². The van der Waals surface area contributed by atoms with E-state index in [-0.39, 0.29) is 11.9 Å². The summed E-state index contributed by atoms with van der Waals surface area (Å²) >= 11 is 0. The summed E-state index contributed by atoms with van der Waals surface area (Å²) in [6.07, 6.45) is 8.63. The van der Waals surface area contributed by atoms with Crippen LogP contribution >= 0.6 is 0 Å². The number of para-hydroxylation sites is 1. The van der Waals surface area contributed by atoms with Crippen molar-refractivity contribution in [3.63, 3.8) is 0 Å². The van der Waals surface area contributed by atoms with Crippen LogP contribution in [0.3, 0.4) is 0 Å². The van der Waals surface area contributed by atoms with Gasteiger partial charge in [-0.2, -0.15) is 0 Å². The quantitative estimate of drug-likeness (QED) is 0.897. The second kappa shape index (κ2) is 6.54. The van der Waals surface area contributed by atoms with Crippen molar-refractivity contribution in [2.75, 3.05) is 6.54 Å². The van der Waals surface area contributed by atoms with Crippen molar-refractivity contribution in [1.29, 1.82) is 0 Å². The lowest BCUT2D eigenvalue weighted by Gasteiger charge is -2.22. The third-order valence-electron chi connectivity index (χ3n) is 3.85. The number of benzene rings is 1. The summed E-state index contributed by atoms with van der Waals surface area (Å²) in [5, 5.41) is 6.31. The maximum absolute atomic E-state index is 12.2. The van der Waals surface area contributed by atoms with Gasteiger partial charge < -0.3 is 15.2 Å². The number of piperidine rings is 1. The third kappa shape index (κ3) is 3.31. The van der Waals surface area contributed by atoms with Crippen molar-refractivity contribution < 1.29 is 4.79 Å². The van der Waals surface area contributed by atoms with Gasteiger partial charge in [0.2, 0.25) is 5.91 Å². The summed E-state index contributed by atoms with van der Waals surface area (Å²) in [5.41, 5.74) is 2.13. The first-order chi connectivity index (χ1) is 10.3. The van der Waals surface area contributed by atoms with Gasteiger partial charge in [0, 0.05) is 18.9 Å². The van der Waals surface area contributed by atoms with Crippen molar-refractivity contribution in [3.05, 3.63) is 48.5 Å². The number of rotatable bonds is 4. The number of aromatic nitrogens is 2. The van der Waals surface area contributed by atoms with Gasteiger partial charge in [-0.25, -0.2) is 4.98 Å². The average molecular weight is 284 g/mol. The highest BCUT2D eigenvalue weighted by Gasteiger charge is 2.20. The molecule has 0 aliphatic carbocycles. The van der Waals surface area contributed by atoms with E-state index in [2.05, 4.69) is 15.6 Å². The van der Waals surface area contributed by atoms with Crippen LogP contribution in [0.1, 0.15) is 24.8 Å². The molecule has 1 atom stereocenters. The molecule has 21 heavy (non-hydrogen) atoms. The molecule has 0 bridgehead atoms. The predicted octanol–water partition coefficient (Wildman–Crippen LogP) is 1.63. The molecule has 0 radical (unpaired) electrons. The Morgan fingerprint density at radius 2 is 2.29 bits per heavy atom. The Balaban J connectivity index is 1.66. The molecule has 2 heterocycles. The fourth-order valence-corrected chi connectivity index (χ4v) is 2.69. The first kappa shape index (κ1) is 13.8. The fourth-order valence-electron chi connectivity index (χ4n) is 2.69. The van der Waals surface area contributed by atoms with Crippen LogP contribution in [-0.4, -0.2) is 28.0 Å². The van der Waals surface area contributed by atoms with Crippen molar-refractivity contribution in [3.8, 4) is 5.69 Å². The molecular weight excluding hydrogens is 264 g/mol.